The molecule has 9 nitrogen and oxygen atoms in total. The van der Waals surface area contributed by atoms with Crippen LogP contribution in [-0.4, -0.2) is 25.2 Å². The number of carbonyl (C=O) groups excluding carboxylic acids is 2. The summed E-state index contributed by atoms with van der Waals surface area (Å²) in [6, 6.07) is 16.8. The van der Waals surface area contributed by atoms with Crippen LogP contribution in [0.3, 0.4) is 0 Å². The summed E-state index contributed by atoms with van der Waals surface area (Å²) >= 11 is 1.18. The lowest BCUT2D eigenvalue weighted by Crippen LogP contribution is -2.35. The highest BCUT2D eigenvalue weighted by Gasteiger charge is 2.34. The first-order valence-corrected chi connectivity index (χ1v) is 13.3. The molecule has 1 aliphatic heterocycles. The number of amides is 2. The van der Waals surface area contributed by atoms with E-state index < -0.39 is 21.8 Å². The molecule has 0 spiro atoms. The van der Waals surface area contributed by atoms with Gasteiger partial charge in [0.15, 0.2) is 5.13 Å². The largest absolute Gasteiger partial charge is 0.457 e. The quantitative estimate of drug-likeness (QED) is 0.278. The Bertz CT molecular complexity index is 1560. The van der Waals surface area contributed by atoms with Crippen LogP contribution in [0.5, 0.6) is 0 Å². The second-order valence-corrected chi connectivity index (χ2v) is 10.4. The fraction of sp³-hybridized carbons (Fsp3) is 0.0800. The molecule has 1 fully saturated rings. The number of nitrogens with one attached hydrogen (secondary N) is 2. The molecule has 2 amide bonds. The lowest BCUT2D eigenvalue weighted by atomic mass is 10.1. The van der Waals surface area contributed by atoms with Crippen molar-refractivity contribution in [2.75, 3.05) is 9.73 Å². The van der Waals surface area contributed by atoms with Crippen molar-refractivity contribution in [3.8, 4) is 11.3 Å². The van der Waals surface area contributed by atoms with E-state index in [4.69, 9.17) is 4.42 Å². The first kappa shape index (κ1) is 23.5. The van der Waals surface area contributed by atoms with Gasteiger partial charge in [-0.2, -0.15) is 0 Å². The zero-order chi connectivity index (χ0) is 25.3. The smallest absolute Gasteiger partial charge is 0.282 e. The number of aromatic nitrogens is 1. The zero-order valence-electron chi connectivity index (χ0n) is 19.0. The first-order chi connectivity index (χ1) is 17.3. The van der Waals surface area contributed by atoms with Crippen LogP contribution in [0.1, 0.15) is 18.2 Å². The summed E-state index contributed by atoms with van der Waals surface area (Å²) in [5, 5.41) is 3.16. The molecular weight excluding hydrogens is 500 g/mol. The van der Waals surface area contributed by atoms with E-state index in [0.29, 0.717) is 22.8 Å². The number of hydrogen-bond acceptors (Lipinski definition) is 7. The number of sulfonamides is 1. The van der Waals surface area contributed by atoms with Crippen molar-refractivity contribution in [1.29, 1.82) is 0 Å². The minimum absolute atomic E-state index is 0.0508. The van der Waals surface area contributed by atoms with Gasteiger partial charge < -0.3 is 4.42 Å². The third-order valence-electron chi connectivity index (χ3n) is 5.51. The monoisotopic (exact) mass is 520 g/mol. The molecule has 1 aliphatic rings. The standard InChI is InChI=1S/C25H20N4O5S2/c1-2-16-3-7-18(8-4-16)29-24(31)21(23(30)27-29)15-19-9-12-22(34-19)17-5-10-20(11-6-17)36(32,33)28-25-26-13-14-35-25/h3-15H,2H2,1H3,(H,26,28)(H,27,30)/b21-15+. The van der Waals surface area contributed by atoms with E-state index in [1.54, 1.807) is 41.8 Å². The average Bonchev–Trinajstić information content (AvgIpc) is 3.62. The minimum Gasteiger partial charge on any atom is -0.457 e. The molecule has 0 unspecified atom stereocenters. The van der Waals surface area contributed by atoms with Crippen molar-refractivity contribution in [1.82, 2.24) is 10.4 Å². The van der Waals surface area contributed by atoms with Crippen molar-refractivity contribution in [2.24, 2.45) is 0 Å². The van der Waals surface area contributed by atoms with Crippen LogP contribution in [0.2, 0.25) is 0 Å². The zero-order valence-corrected chi connectivity index (χ0v) is 20.6. The fourth-order valence-electron chi connectivity index (χ4n) is 3.59. The summed E-state index contributed by atoms with van der Waals surface area (Å²) in [5.74, 6) is -0.241. The maximum atomic E-state index is 12.9. The van der Waals surface area contributed by atoms with Gasteiger partial charge in [-0.3, -0.25) is 19.7 Å². The van der Waals surface area contributed by atoms with Crippen LogP contribution in [0.4, 0.5) is 10.8 Å². The van der Waals surface area contributed by atoms with Crippen molar-refractivity contribution >= 4 is 50.1 Å². The molecule has 3 heterocycles. The number of aryl methyl sites for hydroxylation is 1. The van der Waals surface area contributed by atoms with Crippen LogP contribution in [-0.2, 0) is 26.0 Å². The molecular formula is C25H20N4O5S2. The van der Waals surface area contributed by atoms with Crippen molar-refractivity contribution in [3.05, 3.63) is 89.1 Å². The molecule has 0 atom stereocenters. The Morgan fingerprint density at radius 2 is 1.81 bits per heavy atom. The maximum absolute atomic E-state index is 12.9. The van der Waals surface area contributed by atoms with Crippen LogP contribution in [0, 0.1) is 0 Å². The van der Waals surface area contributed by atoms with Crippen LogP contribution < -0.4 is 15.2 Å². The Morgan fingerprint density at radius 3 is 2.47 bits per heavy atom. The van der Waals surface area contributed by atoms with E-state index in [1.165, 1.54) is 40.8 Å². The molecule has 1 saturated heterocycles. The van der Waals surface area contributed by atoms with Gasteiger partial charge in [-0.25, -0.2) is 18.4 Å². The molecule has 0 saturated carbocycles. The Labute approximate surface area is 211 Å². The number of thiazole rings is 1. The number of hydrogen-bond donors (Lipinski definition) is 2. The number of anilines is 2. The molecule has 0 radical (unpaired) electrons. The van der Waals surface area contributed by atoms with Crippen molar-refractivity contribution in [2.45, 2.75) is 18.2 Å². The van der Waals surface area contributed by atoms with Gasteiger partial charge in [-0.05, 0) is 66.6 Å². The SMILES string of the molecule is CCc1ccc(N2NC(=O)/C(=C\c3ccc(-c4ccc(S(=O)(=O)Nc5nccs5)cc4)o3)C2=O)cc1. The summed E-state index contributed by atoms with van der Waals surface area (Å²) in [4.78, 5) is 29.3. The van der Waals surface area contributed by atoms with Gasteiger partial charge in [-0.15, -0.1) is 11.3 Å². The third-order valence-corrected chi connectivity index (χ3v) is 7.68. The normalized spacial score (nSPS) is 14.9. The van der Waals surface area contributed by atoms with Gasteiger partial charge in [0.25, 0.3) is 21.8 Å². The number of carbonyl (C=O) groups is 2. The number of benzene rings is 2. The number of rotatable bonds is 7. The number of furan rings is 1. The average molecular weight is 521 g/mol. The van der Waals surface area contributed by atoms with Gasteiger partial charge in [0.1, 0.15) is 17.1 Å². The molecule has 2 N–H and O–H groups in total. The first-order valence-electron chi connectivity index (χ1n) is 10.9. The highest BCUT2D eigenvalue weighted by atomic mass is 32.2. The number of hydrazine groups is 1. The van der Waals surface area contributed by atoms with E-state index in [0.717, 1.165) is 12.0 Å². The van der Waals surface area contributed by atoms with Crippen LogP contribution in [0.15, 0.2) is 87.1 Å². The molecule has 4 aromatic rings. The lowest BCUT2D eigenvalue weighted by Gasteiger charge is -2.14. The topological polar surface area (TPSA) is 122 Å². The van der Waals surface area contributed by atoms with Gasteiger partial charge in [0, 0.05) is 17.1 Å². The highest BCUT2D eigenvalue weighted by molar-refractivity contribution is 7.93. The second-order valence-electron chi connectivity index (χ2n) is 7.83. The molecule has 0 bridgehead atoms. The van der Waals surface area contributed by atoms with E-state index in [2.05, 4.69) is 15.1 Å². The van der Waals surface area contributed by atoms with Gasteiger partial charge in [0.05, 0.1) is 10.6 Å². The number of nitrogens with zero attached hydrogens (tertiary/aromatic N) is 2. The Kier molecular flexibility index (Phi) is 6.17. The minimum atomic E-state index is -3.77. The Morgan fingerprint density at radius 1 is 1.06 bits per heavy atom. The Hall–Kier alpha value is -4.22. The second kappa shape index (κ2) is 9.44. The van der Waals surface area contributed by atoms with Crippen molar-refractivity contribution in [3.63, 3.8) is 0 Å². The predicted octanol–water partition coefficient (Wildman–Crippen LogP) is 4.23. The van der Waals surface area contributed by atoms with E-state index in [9.17, 15) is 18.0 Å². The Balaban J connectivity index is 1.33. The molecule has 0 aliphatic carbocycles. The van der Waals surface area contributed by atoms with Crippen molar-refractivity contribution < 1.29 is 22.4 Å². The third kappa shape index (κ3) is 4.66. The van der Waals surface area contributed by atoms with E-state index >= 15 is 0 Å². The maximum Gasteiger partial charge on any atom is 0.282 e. The lowest BCUT2D eigenvalue weighted by molar-refractivity contribution is -0.117. The van der Waals surface area contributed by atoms with E-state index in [-0.39, 0.29) is 15.6 Å². The summed E-state index contributed by atoms with van der Waals surface area (Å²) in [5.41, 5.74) is 4.84. The molecule has 5 rings (SSSR count). The fourth-order valence-corrected chi connectivity index (χ4v) is 5.38. The summed E-state index contributed by atoms with van der Waals surface area (Å²) < 4.78 is 33.3. The summed E-state index contributed by atoms with van der Waals surface area (Å²) in [7, 11) is -3.77. The molecule has 11 heteroatoms. The molecule has 2 aromatic carbocycles. The molecule has 2 aromatic heterocycles. The molecule has 182 valence electrons. The van der Waals surface area contributed by atoms with E-state index in [1.807, 2.05) is 19.1 Å². The van der Waals surface area contributed by atoms with Gasteiger partial charge in [0.2, 0.25) is 0 Å². The molecule has 36 heavy (non-hydrogen) atoms. The van der Waals surface area contributed by atoms with Gasteiger partial charge in [-0.1, -0.05) is 19.1 Å². The summed E-state index contributed by atoms with van der Waals surface area (Å²) in [6.07, 6.45) is 3.77. The summed E-state index contributed by atoms with van der Waals surface area (Å²) in [6.45, 7) is 2.04. The van der Waals surface area contributed by atoms with Crippen LogP contribution >= 0.6 is 11.3 Å². The predicted molar refractivity (Wildman–Crippen MR) is 136 cm³/mol. The highest BCUT2D eigenvalue weighted by Crippen LogP contribution is 2.27. The van der Waals surface area contributed by atoms with Crippen LogP contribution in [0.25, 0.3) is 17.4 Å². The van der Waals surface area contributed by atoms with Gasteiger partial charge >= 0.3 is 0 Å².